The van der Waals surface area contributed by atoms with Gasteiger partial charge in [-0.25, -0.2) is 4.79 Å². The van der Waals surface area contributed by atoms with Crippen molar-refractivity contribution in [1.29, 1.82) is 0 Å². The third-order valence-corrected chi connectivity index (χ3v) is 4.98. The first-order valence-electron chi connectivity index (χ1n) is 8.84. The van der Waals surface area contributed by atoms with Gasteiger partial charge in [-0.05, 0) is 53.9 Å². The van der Waals surface area contributed by atoms with E-state index in [4.69, 9.17) is 21.4 Å². The quantitative estimate of drug-likeness (QED) is 0.460. The molecular weight excluding hydrogens is 374 g/mol. The molecule has 0 aliphatic carbocycles. The van der Waals surface area contributed by atoms with Crippen molar-refractivity contribution in [3.63, 3.8) is 0 Å². The first-order chi connectivity index (χ1) is 13.5. The molecular formula is C23H18ClNO3. The summed E-state index contributed by atoms with van der Waals surface area (Å²) in [6.07, 6.45) is 2.96. The molecule has 0 aliphatic heterocycles. The molecule has 1 aromatic heterocycles. The van der Waals surface area contributed by atoms with Crippen molar-refractivity contribution in [1.82, 2.24) is 4.57 Å². The van der Waals surface area contributed by atoms with Crippen LogP contribution in [0, 0.1) is 0 Å². The van der Waals surface area contributed by atoms with Gasteiger partial charge in [0.05, 0.1) is 10.6 Å². The van der Waals surface area contributed by atoms with Crippen LogP contribution < -0.4 is 4.74 Å². The van der Waals surface area contributed by atoms with Crippen molar-refractivity contribution in [2.24, 2.45) is 7.05 Å². The van der Waals surface area contributed by atoms with Crippen LogP contribution in [-0.2, 0) is 13.5 Å². The fraction of sp³-hybridized carbons (Fsp3) is 0.0870. The predicted molar refractivity (Wildman–Crippen MR) is 111 cm³/mol. The smallest absolute Gasteiger partial charge is 0.335 e. The molecule has 0 saturated carbocycles. The Kier molecular flexibility index (Phi) is 4.80. The number of carboxylic acids is 1. The highest BCUT2D eigenvalue weighted by molar-refractivity contribution is 6.32. The van der Waals surface area contributed by atoms with Gasteiger partial charge in [-0.15, -0.1) is 0 Å². The normalized spacial score (nSPS) is 10.9. The maximum absolute atomic E-state index is 11.1. The summed E-state index contributed by atoms with van der Waals surface area (Å²) in [5.41, 5.74) is 3.70. The lowest BCUT2D eigenvalue weighted by atomic mass is 10.0. The largest absolute Gasteiger partial charge is 0.478 e. The molecule has 0 bridgehead atoms. The number of rotatable bonds is 5. The number of hydrogen-bond donors (Lipinski definition) is 1. The van der Waals surface area contributed by atoms with E-state index >= 15 is 0 Å². The molecule has 0 fully saturated rings. The van der Waals surface area contributed by atoms with E-state index in [1.807, 2.05) is 43.4 Å². The number of aromatic nitrogens is 1. The third kappa shape index (κ3) is 3.59. The Balaban J connectivity index is 1.67. The minimum atomic E-state index is -1.02. The second-order valence-electron chi connectivity index (χ2n) is 6.66. The van der Waals surface area contributed by atoms with Crippen molar-refractivity contribution >= 4 is 28.5 Å². The average Bonchev–Trinajstić information content (AvgIpc) is 2.99. The highest BCUT2D eigenvalue weighted by atomic mass is 35.5. The van der Waals surface area contributed by atoms with Crippen LogP contribution in [0.2, 0.25) is 5.02 Å². The number of fused-ring (bicyclic) bond motifs is 1. The SMILES string of the molecule is Cn1cc(Cc2ccccc2)c2cc(Oc3ccc(C(=O)O)cc3Cl)ccc21. The molecule has 0 saturated heterocycles. The number of hydrogen-bond acceptors (Lipinski definition) is 2. The second kappa shape index (κ2) is 7.41. The number of halogens is 1. The van der Waals surface area contributed by atoms with E-state index in [0.29, 0.717) is 11.5 Å². The van der Waals surface area contributed by atoms with Crippen molar-refractivity contribution in [3.8, 4) is 11.5 Å². The lowest BCUT2D eigenvalue weighted by molar-refractivity contribution is 0.0697. The Labute approximate surface area is 167 Å². The maximum Gasteiger partial charge on any atom is 0.335 e. The average molecular weight is 392 g/mol. The molecule has 3 aromatic carbocycles. The number of aromatic carboxylic acids is 1. The predicted octanol–water partition coefficient (Wildman–Crippen LogP) is 5.91. The number of ether oxygens (including phenoxy) is 1. The zero-order valence-electron chi connectivity index (χ0n) is 15.2. The van der Waals surface area contributed by atoms with Gasteiger partial charge < -0.3 is 14.4 Å². The molecule has 0 atom stereocenters. The second-order valence-corrected chi connectivity index (χ2v) is 7.07. The summed E-state index contributed by atoms with van der Waals surface area (Å²) in [5.74, 6) is 0.0502. The molecule has 0 spiro atoms. The van der Waals surface area contributed by atoms with Gasteiger partial charge in [0.25, 0.3) is 0 Å². The Bertz CT molecular complexity index is 1170. The molecule has 4 aromatic rings. The Hall–Kier alpha value is -3.24. The molecule has 5 heteroatoms. The summed E-state index contributed by atoms with van der Waals surface area (Å²) < 4.78 is 8.04. The van der Waals surface area contributed by atoms with Gasteiger partial charge in [-0.1, -0.05) is 41.9 Å². The highest BCUT2D eigenvalue weighted by Crippen LogP contribution is 2.33. The topological polar surface area (TPSA) is 51.5 Å². The van der Waals surface area contributed by atoms with Crippen molar-refractivity contribution in [2.45, 2.75) is 6.42 Å². The minimum absolute atomic E-state index is 0.126. The van der Waals surface area contributed by atoms with Gasteiger partial charge in [0, 0.05) is 24.1 Å². The molecule has 1 N–H and O–H groups in total. The van der Waals surface area contributed by atoms with E-state index in [0.717, 1.165) is 17.3 Å². The molecule has 4 nitrogen and oxygen atoms in total. The summed E-state index contributed by atoms with van der Waals surface area (Å²) in [4.78, 5) is 11.1. The molecule has 28 heavy (non-hydrogen) atoms. The Morgan fingerprint density at radius 2 is 1.86 bits per heavy atom. The Morgan fingerprint density at radius 1 is 1.07 bits per heavy atom. The molecule has 140 valence electrons. The number of carbonyl (C=O) groups is 1. The molecule has 1 heterocycles. The molecule has 0 amide bonds. The molecule has 0 aliphatic rings. The van der Waals surface area contributed by atoms with E-state index in [1.165, 1.54) is 23.3 Å². The van der Waals surface area contributed by atoms with E-state index < -0.39 is 5.97 Å². The third-order valence-electron chi connectivity index (χ3n) is 4.69. The standard InChI is InChI=1S/C23H18ClNO3/c1-25-14-17(11-15-5-3-2-4-6-15)19-13-18(8-9-21(19)25)28-22-10-7-16(23(26)27)12-20(22)24/h2-10,12-14H,11H2,1H3,(H,26,27). The summed E-state index contributed by atoms with van der Waals surface area (Å²) in [6, 6.07) is 20.7. The van der Waals surface area contributed by atoms with Crippen molar-refractivity contribution in [2.75, 3.05) is 0 Å². The number of nitrogens with zero attached hydrogens (tertiary/aromatic N) is 1. The van der Waals surface area contributed by atoms with Gasteiger partial charge >= 0.3 is 5.97 Å². The summed E-state index contributed by atoms with van der Waals surface area (Å²) in [5, 5.41) is 10.4. The van der Waals surface area contributed by atoms with Gasteiger partial charge in [0.15, 0.2) is 0 Å². The van der Waals surface area contributed by atoms with E-state index in [1.54, 1.807) is 6.07 Å². The van der Waals surface area contributed by atoms with Gasteiger partial charge in [-0.2, -0.15) is 0 Å². The summed E-state index contributed by atoms with van der Waals surface area (Å²) in [7, 11) is 2.03. The number of carboxylic acid groups (broad SMARTS) is 1. The summed E-state index contributed by atoms with van der Waals surface area (Å²) >= 11 is 6.19. The first-order valence-corrected chi connectivity index (χ1v) is 9.21. The highest BCUT2D eigenvalue weighted by Gasteiger charge is 2.12. The molecule has 4 rings (SSSR count). The van der Waals surface area contributed by atoms with Gasteiger partial charge in [-0.3, -0.25) is 0 Å². The zero-order valence-corrected chi connectivity index (χ0v) is 16.0. The summed E-state index contributed by atoms with van der Waals surface area (Å²) in [6.45, 7) is 0. The number of benzene rings is 3. The monoisotopic (exact) mass is 391 g/mol. The maximum atomic E-state index is 11.1. The number of aryl methyl sites for hydroxylation is 1. The van der Waals surface area contributed by atoms with Crippen LogP contribution >= 0.6 is 11.6 Å². The molecule has 0 unspecified atom stereocenters. The van der Waals surface area contributed by atoms with Crippen molar-refractivity contribution in [3.05, 3.63) is 94.6 Å². The lowest BCUT2D eigenvalue weighted by Gasteiger charge is -2.09. The van der Waals surface area contributed by atoms with Crippen LogP contribution in [0.15, 0.2) is 72.9 Å². The van der Waals surface area contributed by atoms with E-state index in [2.05, 4.69) is 22.9 Å². The van der Waals surface area contributed by atoms with Crippen LogP contribution in [0.3, 0.4) is 0 Å². The molecule has 0 radical (unpaired) electrons. The fourth-order valence-electron chi connectivity index (χ4n) is 3.32. The van der Waals surface area contributed by atoms with Gasteiger partial charge in [0.1, 0.15) is 11.5 Å². The zero-order chi connectivity index (χ0) is 19.7. The first kappa shape index (κ1) is 18.1. The van der Waals surface area contributed by atoms with E-state index in [-0.39, 0.29) is 10.6 Å². The fourth-order valence-corrected chi connectivity index (χ4v) is 3.54. The minimum Gasteiger partial charge on any atom is -0.478 e. The van der Waals surface area contributed by atoms with Crippen LogP contribution in [0.4, 0.5) is 0 Å². The van der Waals surface area contributed by atoms with Crippen LogP contribution in [0.25, 0.3) is 10.9 Å². The van der Waals surface area contributed by atoms with E-state index in [9.17, 15) is 4.79 Å². The van der Waals surface area contributed by atoms with Gasteiger partial charge in [0.2, 0.25) is 0 Å². The van der Waals surface area contributed by atoms with Crippen LogP contribution in [-0.4, -0.2) is 15.6 Å². The lowest BCUT2D eigenvalue weighted by Crippen LogP contribution is -1.96. The Morgan fingerprint density at radius 3 is 2.57 bits per heavy atom. The van der Waals surface area contributed by atoms with Crippen LogP contribution in [0.1, 0.15) is 21.5 Å². The van der Waals surface area contributed by atoms with Crippen molar-refractivity contribution < 1.29 is 14.6 Å². The van der Waals surface area contributed by atoms with Crippen LogP contribution in [0.5, 0.6) is 11.5 Å².